The van der Waals surface area contributed by atoms with Crippen LogP contribution in [0.15, 0.2) is 18.3 Å². The number of hydrogen-bond donors (Lipinski definition) is 1. The fraction of sp³-hybridized carbons (Fsp3) is 0.500. The average Bonchev–Trinajstić information content (AvgIpc) is 2.96. The van der Waals surface area contributed by atoms with E-state index in [4.69, 9.17) is 4.74 Å². The number of fused-ring (bicyclic) bond motifs is 1. The summed E-state index contributed by atoms with van der Waals surface area (Å²) in [5.41, 5.74) is 0.128. The summed E-state index contributed by atoms with van der Waals surface area (Å²) in [4.78, 5) is 25.9. The molecular formula is C18H23N3O4. The van der Waals surface area contributed by atoms with Gasteiger partial charge >= 0.3 is 0 Å². The number of aliphatic hydroxyl groups is 1. The molecule has 1 aliphatic heterocycles. The smallest absolute Gasteiger partial charge is 0.228 e. The molecule has 0 unspecified atom stereocenters. The third kappa shape index (κ3) is 3.51. The molecule has 7 heteroatoms. The summed E-state index contributed by atoms with van der Waals surface area (Å²) in [6.07, 6.45) is 3.74. The summed E-state index contributed by atoms with van der Waals surface area (Å²) in [5, 5.41) is 14.3. The van der Waals surface area contributed by atoms with Crippen LogP contribution in [0, 0.1) is 0 Å². The number of rotatable bonds is 5. The first kappa shape index (κ1) is 17.4. The molecule has 0 aromatic carbocycles. The predicted octanol–water partition coefficient (Wildman–Crippen LogP) is 2.20. The summed E-state index contributed by atoms with van der Waals surface area (Å²) in [6.45, 7) is 5.44. The highest BCUT2D eigenvalue weighted by atomic mass is 16.5. The molecule has 2 aromatic rings. The summed E-state index contributed by atoms with van der Waals surface area (Å²) >= 11 is 0. The molecule has 1 amide bonds. The van der Waals surface area contributed by atoms with Crippen molar-refractivity contribution in [2.45, 2.75) is 45.6 Å². The van der Waals surface area contributed by atoms with Crippen molar-refractivity contribution < 1.29 is 19.4 Å². The normalized spacial score (nSPS) is 15.7. The lowest BCUT2D eigenvalue weighted by molar-refractivity contribution is -0.119. The Morgan fingerprint density at radius 1 is 1.36 bits per heavy atom. The van der Waals surface area contributed by atoms with Crippen molar-refractivity contribution in [1.29, 1.82) is 0 Å². The van der Waals surface area contributed by atoms with E-state index in [2.05, 4.69) is 5.10 Å². The Kier molecular flexibility index (Phi) is 4.51. The van der Waals surface area contributed by atoms with Crippen LogP contribution in [0.2, 0.25) is 0 Å². The van der Waals surface area contributed by atoms with E-state index in [0.29, 0.717) is 35.6 Å². The van der Waals surface area contributed by atoms with Gasteiger partial charge in [0.05, 0.1) is 22.9 Å². The number of aromatic nitrogens is 2. The maximum Gasteiger partial charge on any atom is 0.228 e. The van der Waals surface area contributed by atoms with Gasteiger partial charge in [0.15, 0.2) is 17.4 Å². The lowest BCUT2D eigenvalue weighted by Crippen LogP contribution is -2.37. The maximum absolute atomic E-state index is 12.4. The number of amides is 1. The standard InChI is InChI=1S/C18H23N3O4/c1-12(22)13-10-19-21-14(13)7-8-15(25-11-18(2,3)24)17(21)20-9-5-4-6-16(20)23/h7-8,10,24H,4-6,9,11H2,1-3H3. The van der Waals surface area contributed by atoms with Gasteiger partial charge < -0.3 is 9.84 Å². The van der Waals surface area contributed by atoms with Crippen molar-refractivity contribution in [3.8, 4) is 5.75 Å². The Hall–Kier alpha value is -2.41. The first-order valence-electron chi connectivity index (χ1n) is 8.45. The molecule has 25 heavy (non-hydrogen) atoms. The van der Waals surface area contributed by atoms with Crippen LogP contribution >= 0.6 is 0 Å². The first-order chi connectivity index (χ1) is 11.8. The van der Waals surface area contributed by atoms with Gasteiger partial charge in [-0.05, 0) is 45.7 Å². The zero-order valence-electron chi connectivity index (χ0n) is 14.8. The van der Waals surface area contributed by atoms with Crippen LogP contribution in [0.1, 0.15) is 50.4 Å². The van der Waals surface area contributed by atoms with Crippen molar-refractivity contribution in [3.05, 3.63) is 23.9 Å². The number of nitrogens with zero attached hydrogens (tertiary/aromatic N) is 3. The molecule has 0 aliphatic carbocycles. The molecule has 134 valence electrons. The second-order valence-electron chi connectivity index (χ2n) is 7.04. The zero-order valence-corrected chi connectivity index (χ0v) is 14.8. The Balaban J connectivity index is 2.12. The topological polar surface area (TPSA) is 84.1 Å². The largest absolute Gasteiger partial charge is 0.487 e. The molecule has 1 saturated heterocycles. The van der Waals surface area contributed by atoms with Crippen LogP contribution in [0.3, 0.4) is 0 Å². The Bertz CT molecular complexity index is 820. The van der Waals surface area contributed by atoms with Crippen molar-refractivity contribution in [2.75, 3.05) is 18.1 Å². The van der Waals surface area contributed by atoms with Gasteiger partial charge in [0.1, 0.15) is 6.61 Å². The number of carbonyl (C=O) groups excluding carboxylic acids is 2. The van der Waals surface area contributed by atoms with E-state index in [-0.39, 0.29) is 18.3 Å². The summed E-state index contributed by atoms with van der Waals surface area (Å²) in [7, 11) is 0. The van der Waals surface area contributed by atoms with Crippen LogP contribution in [0.5, 0.6) is 5.75 Å². The van der Waals surface area contributed by atoms with Gasteiger partial charge in [-0.25, -0.2) is 4.52 Å². The molecule has 1 fully saturated rings. The Morgan fingerprint density at radius 3 is 2.76 bits per heavy atom. The van der Waals surface area contributed by atoms with Crippen molar-refractivity contribution in [1.82, 2.24) is 9.61 Å². The quantitative estimate of drug-likeness (QED) is 0.840. The van der Waals surface area contributed by atoms with E-state index < -0.39 is 5.60 Å². The van der Waals surface area contributed by atoms with E-state index >= 15 is 0 Å². The van der Waals surface area contributed by atoms with Gasteiger partial charge in [-0.15, -0.1) is 0 Å². The minimum absolute atomic E-state index is 0.00623. The number of Topliss-reactive ketones (excluding diaryl/α,β-unsaturated/α-hetero) is 1. The van der Waals surface area contributed by atoms with Crippen molar-refractivity contribution >= 4 is 23.0 Å². The summed E-state index contributed by atoms with van der Waals surface area (Å²) < 4.78 is 7.37. The molecule has 0 radical (unpaired) electrons. The number of anilines is 1. The highest BCUT2D eigenvalue weighted by Gasteiger charge is 2.27. The van der Waals surface area contributed by atoms with Gasteiger partial charge in [0.25, 0.3) is 0 Å². The van der Waals surface area contributed by atoms with Crippen LogP contribution in [-0.4, -0.2) is 45.2 Å². The minimum Gasteiger partial charge on any atom is -0.487 e. The molecule has 0 atom stereocenters. The average molecular weight is 345 g/mol. The molecule has 0 bridgehead atoms. The number of carbonyl (C=O) groups is 2. The monoisotopic (exact) mass is 345 g/mol. The second-order valence-corrected chi connectivity index (χ2v) is 7.04. The third-order valence-electron chi connectivity index (χ3n) is 4.16. The highest BCUT2D eigenvalue weighted by molar-refractivity contribution is 6.01. The summed E-state index contributed by atoms with van der Waals surface area (Å²) in [6, 6.07) is 3.48. The van der Waals surface area contributed by atoms with Crippen LogP contribution in [0.4, 0.5) is 5.82 Å². The third-order valence-corrected chi connectivity index (χ3v) is 4.16. The van der Waals surface area contributed by atoms with Gasteiger partial charge in [0.2, 0.25) is 5.91 Å². The summed E-state index contributed by atoms with van der Waals surface area (Å²) in [5.74, 6) is 0.893. The van der Waals surface area contributed by atoms with E-state index in [0.717, 1.165) is 12.8 Å². The molecule has 2 aromatic heterocycles. The van der Waals surface area contributed by atoms with E-state index in [1.165, 1.54) is 13.1 Å². The number of hydrogen-bond acceptors (Lipinski definition) is 5. The highest BCUT2D eigenvalue weighted by Crippen LogP contribution is 2.33. The lowest BCUT2D eigenvalue weighted by Gasteiger charge is -2.29. The molecular weight excluding hydrogens is 322 g/mol. The number of pyridine rings is 1. The van der Waals surface area contributed by atoms with Gasteiger partial charge in [-0.3, -0.25) is 14.5 Å². The van der Waals surface area contributed by atoms with Gasteiger partial charge in [0, 0.05) is 13.0 Å². The molecule has 1 N–H and O–H groups in total. The van der Waals surface area contributed by atoms with Crippen LogP contribution in [-0.2, 0) is 4.79 Å². The van der Waals surface area contributed by atoms with Gasteiger partial charge in [-0.1, -0.05) is 0 Å². The molecule has 1 aliphatic rings. The number of ether oxygens (including phenoxy) is 1. The first-order valence-corrected chi connectivity index (χ1v) is 8.45. The fourth-order valence-corrected chi connectivity index (χ4v) is 2.94. The Labute approximate surface area is 146 Å². The SMILES string of the molecule is CC(=O)c1cnn2c(N3CCCCC3=O)c(OCC(C)(C)O)ccc12. The molecule has 0 spiro atoms. The number of ketones is 1. The molecule has 3 heterocycles. The van der Waals surface area contributed by atoms with Crippen LogP contribution < -0.4 is 9.64 Å². The zero-order chi connectivity index (χ0) is 18.2. The van der Waals surface area contributed by atoms with Crippen molar-refractivity contribution in [3.63, 3.8) is 0 Å². The van der Waals surface area contributed by atoms with Crippen LogP contribution in [0.25, 0.3) is 5.52 Å². The number of piperidine rings is 1. The predicted molar refractivity (Wildman–Crippen MR) is 93.2 cm³/mol. The van der Waals surface area contributed by atoms with Crippen molar-refractivity contribution in [2.24, 2.45) is 0 Å². The minimum atomic E-state index is -1.01. The van der Waals surface area contributed by atoms with E-state index in [1.54, 1.807) is 35.4 Å². The molecule has 7 nitrogen and oxygen atoms in total. The molecule has 3 rings (SSSR count). The maximum atomic E-state index is 12.4. The van der Waals surface area contributed by atoms with Gasteiger partial charge in [-0.2, -0.15) is 5.10 Å². The van der Waals surface area contributed by atoms with E-state index in [9.17, 15) is 14.7 Å². The lowest BCUT2D eigenvalue weighted by atomic mass is 10.1. The molecule has 0 saturated carbocycles. The Morgan fingerprint density at radius 2 is 2.12 bits per heavy atom. The van der Waals surface area contributed by atoms with E-state index in [1.807, 2.05) is 0 Å². The fourth-order valence-electron chi connectivity index (χ4n) is 2.94. The second kappa shape index (κ2) is 6.48.